The van der Waals surface area contributed by atoms with Crippen molar-refractivity contribution in [2.75, 3.05) is 23.3 Å². The van der Waals surface area contributed by atoms with Crippen molar-refractivity contribution in [1.82, 2.24) is 5.32 Å². The molecule has 2 aromatic carbocycles. The van der Waals surface area contributed by atoms with Gasteiger partial charge in [0.15, 0.2) is 5.11 Å². The number of carbonyl (C=O) groups is 1. The first kappa shape index (κ1) is 22.1. The van der Waals surface area contributed by atoms with Crippen LogP contribution in [0.5, 0.6) is 5.75 Å². The summed E-state index contributed by atoms with van der Waals surface area (Å²) in [7, 11) is 0. The quantitative estimate of drug-likeness (QED) is 0.469. The normalized spacial score (nSPS) is 13.6. The fraction of sp³-hybridized carbons (Fsp3) is 0.417. The number of carbonyl (C=O) groups excluding carboxylic acids is 1. The molecule has 160 valence electrons. The monoisotopic (exact) mass is 425 g/mol. The van der Waals surface area contributed by atoms with E-state index >= 15 is 0 Å². The lowest BCUT2D eigenvalue weighted by Crippen LogP contribution is -2.29. The van der Waals surface area contributed by atoms with Crippen LogP contribution in [0.3, 0.4) is 0 Å². The van der Waals surface area contributed by atoms with E-state index in [0.717, 1.165) is 55.0 Å². The lowest BCUT2D eigenvalue weighted by molar-refractivity contribution is -0.117. The second-order valence-electron chi connectivity index (χ2n) is 7.95. The molecule has 1 aliphatic heterocycles. The Labute approximate surface area is 184 Å². The molecule has 0 spiro atoms. The van der Waals surface area contributed by atoms with Gasteiger partial charge in [-0.05, 0) is 93.7 Å². The van der Waals surface area contributed by atoms with E-state index in [1.807, 2.05) is 56.0 Å². The molecule has 0 saturated carbocycles. The molecule has 5 nitrogen and oxygen atoms in total. The zero-order chi connectivity index (χ0) is 21.5. The predicted molar refractivity (Wildman–Crippen MR) is 128 cm³/mol. The van der Waals surface area contributed by atoms with Crippen molar-refractivity contribution in [1.29, 1.82) is 0 Å². The number of nitrogens with zero attached hydrogens (tertiary/aromatic N) is 1. The van der Waals surface area contributed by atoms with Crippen LogP contribution in [-0.4, -0.2) is 30.2 Å². The third kappa shape index (κ3) is 6.20. The summed E-state index contributed by atoms with van der Waals surface area (Å²) in [5, 5.41) is 7.11. The predicted octanol–water partition coefficient (Wildman–Crippen LogP) is 4.83. The van der Waals surface area contributed by atoms with Gasteiger partial charge in [0, 0.05) is 30.9 Å². The van der Waals surface area contributed by atoms with Crippen molar-refractivity contribution in [3.05, 3.63) is 53.6 Å². The molecule has 1 heterocycles. The molecule has 6 heteroatoms. The molecule has 0 unspecified atom stereocenters. The Morgan fingerprint density at radius 3 is 2.77 bits per heavy atom. The standard InChI is InChI=1S/C24H31N3O2S/c1-17(2)29-21-9-4-7-19(16-21)8-5-13-25-24(30)26-20-11-12-22(18(3)15-20)27-14-6-10-23(27)28/h4,7,9,11-12,15-17H,5-6,8,10,13-14H2,1-3H3,(H2,25,26,30). The minimum atomic E-state index is 0.180. The molecule has 2 aromatic rings. The fourth-order valence-electron chi connectivity index (χ4n) is 3.66. The van der Waals surface area contributed by atoms with Gasteiger partial charge in [0.2, 0.25) is 5.91 Å². The molecular formula is C24H31N3O2S. The minimum Gasteiger partial charge on any atom is -0.491 e. The number of amides is 1. The van der Waals surface area contributed by atoms with E-state index in [1.165, 1.54) is 5.56 Å². The van der Waals surface area contributed by atoms with Gasteiger partial charge in [-0.15, -0.1) is 0 Å². The molecule has 1 saturated heterocycles. The molecule has 0 bridgehead atoms. The zero-order valence-electron chi connectivity index (χ0n) is 18.0. The molecule has 2 N–H and O–H groups in total. The summed E-state index contributed by atoms with van der Waals surface area (Å²) in [5.74, 6) is 1.12. The third-order valence-corrected chi connectivity index (χ3v) is 5.26. The number of benzene rings is 2. The van der Waals surface area contributed by atoms with Gasteiger partial charge in [0.1, 0.15) is 5.75 Å². The van der Waals surface area contributed by atoms with Gasteiger partial charge >= 0.3 is 0 Å². The molecule has 3 rings (SSSR count). The lowest BCUT2D eigenvalue weighted by atomic mass is 10.1. The highest BCUT2D eigenvalue weighted by molar-refractivity contribution is 7.80. The van der Waals surface area contributed by atoms with Gasteiger partial charge in [0.05, 0.1) is 6.10 Å². The maximum absolute atomic E-state index is 12.0. The first-order valence-electron chi connectivity index (χ1n) is 10.6. The summed E-state index contributed by atoms with van der Waals surface area (Å²) in [6.07, 6.45) is 3.69. The number of thiocarbonyl (C=S) groups is 1. The van der Waals surface area contributed by atoms with Crippen LogP contribution in [0.4, 0.5) is 11.4 Å². The number of nitrogens with one attached hydrogen (secondary N) is 2. The van der Waals surface area contributed by atoms with Gasteiger partial charge in [-0.2, -0.15) is 0 Å². The van der Waals surface area contributed by atoms with Crippen LogP contribution in [0.15, 0.2) is 42.5 Å². The van der Waals surface area contributed by atoms with E-state index in [4.69, 9.17) is 17.0 Å². The summed E-state index contributed by atoms with van der Waals surface area (Å²) < 4.78 is 5.75. The maximum atomic E-state index is 12.0. The number of ether oxygens (including phenoxy) is 1. The summed E-state index contributed by atoms with van der Waals surface area (Å²) >= 11 is 5.43. The molecular weight excluding hydrogens is 394 g/mol. The van der Waals surface area contributed by atoms with E-state index in [1.54, 1.807) is 0 Å². The Kier molecular flexibility index (Phi) is 7.69. The molecule has 1 fully saturated rings. The lowest BCUT2D eigenvalue weighted by Gasteiger charge is -2.19. The average molecular weight is 426 g/mol. The largest absolute Gasteiger partial charge is 0.491 e. The molecule has 0 aromatic heterocycles. The van der Waals surface area contributed by atoms with Gasteiger partial charge in [-0.1, -0.05) is 12.1 Å². The number of hydrogen-bond donors (Lipinski definition) is 2. The smallest absolute Gasteiger partial charge is 0.227 e. The Morgan fingerprint density at radius 2 is 2.07 bits per heavy atom. The summed E-state index contributed by atoms with van der Waals surface area (Å²) in [5.41, 5.74) is 4.25. The third-order valence-electron chi connectivity index (χ3n) is 5.02. The first-order valence-corrected chi connectivity index (χ1v) is 11.0. The molecule has 0 radical (unpaired) electrons. The van der Waals surface area contributed by atoms with E-state index in [2.05, 4.69) is 22.8 Å². The van der Waals surface area contributed by atoms with Crippen LogP contribution in [0.25, 0.3) is 0 Å². The average Bonchev–Trinajstić information content (AvgIpc) is 3.11. The van der Waals surface area contributed by atoms with Crippen molar-refractivity contribution in [3.8, 4) is 5.75 Å². The number of anilines is 2. The summed E-state index contributed by atoms with van der Waals surface area (Å²) in [6.45, 7) is 7.69. The minimum absolute atomic E-state index is 0.180. The highest BCUT2D eigenvalue weighted by atomic mass is 32.1. The molecule has 0 aliphatic carbocycles. The van der Waals surface area contributed by atoms with E-state index < -0.39 is 0 Å². The first-order chi connectivity index (χ1) is 14.4. The highest BCUT2D eigenvalue weighted by Gasteiger charge is 2.22. The van der Waals surface area contributed by atoms with Crippen LogP contribution in [0, 0.1) is 6.92 Å². The Bertz CT molecular complexity index is 898. The van der Waals surface area contributed by atoms with Crippen LogP contribution >= 0.6 is 12.2 Å². The van der Waals surface area contributed by atoms with Gasteiger partial charge in [0.25, 0.3) is 0 Å². The number of aryl methyl sites for hydroxylation is 2. The van der Waals surface area contributed by atoms with E-state index in [0.29, 0.717) is 11.5 Å². The van der Waals surface area contributed by atoms with Crippen molar-refractivity contribution in [3.63, 3.8) is 0 Å². The second-order valence-corrected chi connectivity index (χ2v) is 8.36. The van der Waals surface area contributed by atoms with Gasteiger partial charge in [-0.25, -0.2) is 0 Å². The van der Waals surface area contributed by atoms with E-state index in [-0.39, 0.29) is 12.0 Å². The molecule has 1 amide bonds. The Balaban J connectivity index is 1.44. The van der Waals surface area contributed by atoms with Crippen LogP contribution < -0.4 is 20.3 Å². The summed E-state index contributed by atoms with van der Waals surface area (Å²) in [6, 6.07) is 14.3. The van der Waals surface area contributed by atoms with Gasteiger partial charge in [-0.3, -0.25) is 4.79 Å². The molecule has 1 aliphatic rings. The van der Waals surface area contributed by atoms with Crippen LogP contribution in [0.1, 0.15) is 44.2 Å². The molecule has 0 atom stereocenters. The van der Waals surface area contributed by atoms with Gasteiger partial charge < -0.3 is 20.3 Å². The van der Waals surface area contributed by atoms with Crippen LogP contribution in [-0.2, 0) is 11.2 Å². The number of hydrogen-bond acceptors (Lipinski definition) is 3. The SMILES string of the molecule is Cc1cc(NC(=S)NCCCc2cccc(OC(C)C)c2)ccc1N1CCCC1=O. The van der Waals surface area contributed by atoms with Crippen LogP contribution in [0.2, 0.25) is 0 Å². The second kappa shape index (κ2) is 10.4. The van der Waals surface area contributed by atoms with E-state index in [9.17, 15) is 4.79 Å². The maximum Gasteiger partial charge on any atom is 0.227 e. The fourth-order valence-corrected chi connectivity index (χ4v) is 3.88. The summed E-state index contributed by atoms with van der Waals surface area (Å²) in [4.78, 5) is 13.8. The van der Waals surface area contributed by atoms with Crippen molar-refractivity contribution < 1.29 is 9.53 Å². The highest BCUT2D eigenvalue weighted by Crippen LogP contribution is 2.27. The van der Waals surface area contributed by atoms with Crippen molar-refractivity contribution in [2.45, 2.75) is 52.6 Å². The van der Waals surface area contributed by atoms with Crippen molar-refractivity contribution in [2.24, 2.45) is 0 Å². The Hall–Kier alpha value is -2.60. The topological polar surface area (TPSA) is 53.6 Å². The number of rotatable bonds is 8. The zero-order valence-corrected chi connectivity index (χ0v) is 18.8. The molecule has 30 heavy (non-hydrogen) atoms. The Morgan fingerprint density at radius 1 is 1.23 bits per heavy atom. The van der Waals surface area contributed by atoms with Crippen molar-refractivity contribution >= 4 is 34.6 Å².